The van der Waals surface area contributed by atoms with E-state index in [0.717, 1.165) is 6.42 Å². The molecule has 2 rings (SSSR count). The highest BCUT2D eigenvalue weighted by Crippen LogP contribution is 2.22. The van der Waals surface area contributed by atoms with E-state index in [1.165, 1.54) is 15.3 Å². The standard InChI is InChI=1S/C12H15N3S2/c1-16-10-4-2-9(3-5-10)12(15-13)6-11-7-14-8-17-11/h2-5,7-8,12,15H,6,13H2,1H3. The normalized spacial score (nSPS) is 12.6. The summed E-state index contributed by atoms with van der Waals surface area (Å²) in [5, 5.41) is 0. The lowest BCUT2D eigenvalue weighted by molar-refractivity contribution is 0.555. The summed E-state index contributed by atoms with van der Waals surface area (Å²) in [5.74, 6) is 5.62. The number of rotatable bonds is 5. The Morgan fingerprint density at radius 2 is 2.18 bits per heavy atom. The molecule has 0 amide bonds. The van der Waals surface area contributed by atoms with Crippen molar-refractivity contribution in [3.63, 3.8) is 0 Å². The molecule has 5 heteroatoms. The zero-order chi connectivity index (χ0) is 12.1. The Balaban J connectivity index is 2.11. The Morgan fingerprint density at radius 1 is 1.41 bits per heavy atom. The number of benzene rings is 1. The zero-order valence-electron chi connectivity index (χ0n) is 9.59. The van der Waals surface area contributed by atoms with Gasteiger partial charge in [-0.05, 0) is 24.0 Å². The van der Waals surface area contributed by atoms with E-state index < -0.39 is 0 Å². The predicted octanol–water partition coefficient (Wildman–Crippen LogP) is 2.61. The highest BCUT2D eigenvalue weighted by atomic mass is 32.2. The number of hydrogen-bond acceptors (Lipinski definition) is 5. The third kappa shape index (κ3) is 3.29. The Hall–Kier alpha value is -0.880. The second-order valence-corrected chi connectivity index (χ2v) is 5.51. The van der Waals surface area contributed by atoms with Crippen LogP contribution < -0.4 is 11.3 Å². The molecule has 0 aliphatic rings. The first-order valence-electron chi connectivity index (χ1n) is 5.31. The minimum Gasteiger partial charge on any atom is -0.271 e. The van der Waals surface area contributed by atoms with E-state index in [2.05, 4.69) is 40.9 Å². The molecule has 90 valence electrons. The summed E-state index contributed by atoms with van der Waals surface area (Å²) in [7, 11) is 0. The Morgan fingerprint density at radius 3 is 2.71 bits per heavy atom. The van der Waals surface area contributed by atoms with E-state index in [1.54, 1.807) is 23.1 Å². The molecule has 0 aliphatic heterocycles. The Labute approximate surface area is 109 Å². The maximum absolute atomic E-state index is 5.62. The number of thiazole rings is 1. The molecule has 3 nitrogen and oxygen atoms in total. The number of thioether (sulfide) groups is 1. The molecule has 1 atom stereocenters. The summed E-state index contributed by atoms with van der Waals surface area (Å²) < 4.78 is 0. The predicted molar refractivity (Wildman–Crippen MR) is 74.1 cm³/mol. The van der Waals surface area contributed by atoms with Crippen LogP contribution in [-0.2, 0) is 6.42 Å². The van der Waals surface area contributed by atoms with Crippen LogP contribution in [0.1, 0.15) is 16.5 Å². The van der Waals surface area contributed by atoms with Crippen molar-refractivity contribution in [2.75, 3.05) is 6.26 Å². The van der Waals surface area contributed by atoms with Crippen LogP contribution in [0.15, 0.2) is 40.9 Å². The minimum atomic E-state index is 0.145. The SMILES string of the molecule is CSc1ccc(C(Cc2cncs2)NN)cc1. The van der Waals surface area contributed by atoms with Crippen LogP contribution in [0.5, 0.6) is 0 Å². The quantitative estimate of drug-likeness (QED) is 0.496. The number of nitrogens with zero attached hydrogens (tertiary/aromatic N) is 1. The second-order valence-electron chi connectivity index (χ2n) is 3.66. The molecule has 1 aromatic heterocycles. The van der Waals surface area contributed by atoms with Crippen LogP contribution in [0.4, 0.5) is 0 Å². The summed E-state index contributed by atoms with van der Waals surface area (Å²) in [6, 6.07) is 8.63. The van der Waals surface area contributed by atoms with Crippen molar-refractivity contribution < 1.29 is 0 Å². The fraction of sp³-hybridized carbons (Fsp3) is 0.250. The maximum Gasteiger partial charge on any atom is 0.0794 e. The summed E-state index contributed by atoms with van der Waals surface area (Å²) >= 11 is 3.40. The average Bonchev–Trinajstić information content (AvgIpc) is 2.89. The summed E-state index contributed by atoms with van der Waals surface area (Å²) in [5.41, 5.74) is 5.92. The van der Waals surface area contributed by atoms with Gasteiger partial charge in [0.15, 0.2) is 0 Å². The Kier molecular flexibility index (Phi) is 4.56. The molecule has 1 heterocycles. The van der Waals surface area contributed by atoms with Crippen molar-refractivity contribution in [2.24, 2.45) is 5.84 Å². The molecule has 0 saturated carbocycles. The van der Waals surface area contributed by atoms with Gasteiger partial charge >= 0.3 is 0 Å². The van der Waals surface area contributed by atoms with Crippen molar-refractivity contribution in [3.05, 3.63) is 46.4 Å². The van der Waals surface area contributed by atoms with Crippen LogP contribution in [0, 0.1) is 0 Å². The van der Waals surface area contributed by atoms with E-state index >= 15 is 0 Å². The van der Waals surface area contributed by atoms with Gasteiger partial charge in [-0.15, -0.1) is 23.1 Å². The highest BCUT2D eigenvalue weighted by molar-refractivity contribution is 7.98. The molecule has 3 N–H and O–H groups in total. The van der Waals surface area contributed by atoms with Gasteiger partial charge < -0.3 is 0 Å². The molecule has 0 fully saturated rings. The van der Waals surface area contributed by atoms with Gasteiger partial charge in [0.25, 0.3) is 0 Å². The van der Waals surface area contributed by atoms with Gasteiger partial charge in [-0.1, -0.05) is 12.1 Å². The molecule has 2 aromatic rings. The lowest BCUT2D eigenvalue weighted by Crippen LogP contribution is -2.29. The van der Waals surface area contributed by atoms with Crippen LogP contribution in [0.3, 0.4) is 0 Å². The largest absolute Gasteiger partial charge is 0.271 e. The maximum atomic E-state index is 5.62. The fourth-order valence-corrected chi connectivity index (χ4v) is 2.70. The first-order chi connectivity index (χ1) is 8.33. The zero-order valence-corrected chi connectivity index (χ0v) is 11.2. The van der Waals surface area contributed by atoms with Gasteiger partial charge in [-0.2, -0.15) is 0 Å². The number of hydrogen-bond donors (Lipinski definition) is 2. The molecule has 0 aliphatic carbocycles. The minimum absolute atomic E-state index is 0.145. The number of hydrazine groups is 1. The number of nitrogens with one attached hydrogen (secondary N) is 1. The molecule has 0 spiro atoms. The van der Waals surface area contributed by atoms with Gasteiger partial charge in [0.05, 0.1) is 11.6 Å². The van der Waals surface area contributed by atoms with Gasteiger partial charge in [0.2, 0.25) is 0 Å². The van der Waals surface area contributed by atoms with E-state index in [9.17, 15) is 0 Å². The van der Waals surface area contributed by atoms with Gasteiger partial charge in [-0.25, -0.2) is 0 Å². The molecule has 17 heavy (non-hydrogen) atoms. The summed E-state index contributed by atoms with van der Waals surface area (Å²) in [6.45, 7) is 0. The molecular weight excluding hydrogens is 250 g/mol. The van der Waals surface area contributed by atoms with Crippen LogP contribution >= 0.6 is 23.1 Å². The monoisotopic (exact) mass is 265 g/mol. The first-order valence-corrected chi connectivity index (χ1v) is 7.41. The van der Waals surface area contributed by atoms with Crippen LogP contribution in [0.2, 0.25) is 0 Å². The van der Waals surface area contributed by atoms with E-state index in [1.807, 2.05) is 11.7 Å². The summed E-state index contributed by atoms with van der Waals surface area (Å²) in [6.07, 6.45) is 4.84. The van der Waals surface area contributed by atoms with Crippen molar-refractivity contribution in [2.45, 2.75) is 17.4 Å². The average molecular weight is 265 g/mol. The van der Waals surface area contributed by atoms with E-state index in [-0.39, 0.29) is 6.04 Å². The molecule has 0 saturated heterocycles. The van der Waals surface area contributed by atoms with Crippen LogP contribution in [0.25, 0.3) is 0 Å². The van der Waals surface area contributed by atoms with Crippen LogP contribution in [-0.4, -0.2) is 11.2 Å². The van der Waals surface area contributed by atoms with Crippen molar-refractivity contribution in [3.8, 4) is 0 Å². The van der Waals surface area contributed by atoms with E-state index in [4.69, 9.17) is 5.84 Å². The lowest BCUT2D eigenvalue weighted by Gasteiger charge is -2.15. The van der Waals surface area contributed by atoms with Crippen molar-refractivity contribution in [1.29, 1.82) is 0 Å². The fourth-order valence-electron chi connectivity index (χ4n) is 1.65. The van der Waals surface area contributed by atoms with Crippen molar-refractivity contribution in [1.82, 2.24) is 10.4 Å². The molecule has 1 unspecified atom stereocenters. The van der Waals surface area contributed by atoms with Crippen molar-refractivity contribution >= 4 is 23.1 Å². The van der Waals surface area contributed by atoms with Gasteiger partial charge in [0, 0.05) is 22.4 Å². The van der Waals surface area contributed by atoms with Gasteiger partial charge in [0.1, 0.15) is 0 Å². The third-order valence-electron chi connectivity index (χ3n) is 2.61. The number of aromatic nitrogens is 1. The number of nitrogens with two attached hydrogens (primary N) is 1. The smallest absolute Gasteiger partial charge is 0.0794 e. The van der Waals surface area contributed by atoms with Gasteiger partial charge in [-0.3, -0.25) is 16.3 Å². The molecular formula is C12H15N3S2. The molecule has 1 aromatic carbocycles. The Bertz CT molecular complexity index is 439. The topological polar surface area (TPSA) is 50.9 Å². The second kappa shape index (κ2) is 6.16. The van der Waals surface area contributed by atoms with E-state index in [0.29, 0.717) is 0 Å². The lowest BCUT2D eigenvalue weighted by atomic mass is 10.0. The molecule has 0 bridgehead atoms. The third-order valence-corrected chi connectivity index (χ3v) is 4.15. The molecule has 0 radical (unpaired) electrons. The highest BCUT2D eigenvalue weighted by Gasteiger charge is 2.11. The first kappa shape index (κ1) is 12.6. The summed E-state index contributed by atoms with van der Waals surface area (Å²) in [4.78, 5) is 6.58.